The fraction of sp³-hybridized carbons (Fsp3) is 0.100. The zero-order valence-corrected chi connectivity index (χ0v) is 9.05. The van der Waals surface area contributed by atoms with Crippen molar-refractivity contribution < 1.29 is 32.7 Å². The number of benzene rings is 1. The minimum atomic E-state index is -3.26. The molecule has 1 aromatic rings. The Bertz CT molecular complexity index is 544. The van der Waals surface area contributed by atoms with Gasteiger partial charge in [-0.05, 0) is 6.08 Å². The number of aliphatic carboxylic acids is 1. The predicted molar refractivity (Wildman–Crippen MR) is 56.4 cm³/mol. The van der Waals surface area contributed by atoms with E-state index in [4.69, 9.17) is 5.11 Å². The van der Waals surface area contributed by atoms with Gasteiger partial charge in [-0.2, -0.15) is 8.78 Å². The van der Waals surface area contributed by atoms with Gasteiger partial charge in [0.2, 0.25) is 0 Å². The molecule has 0 atom stereocenters. The van der Waals surface area contributed by atoms with E-state index in [1.807, 2.05) is 0 Å². The zero-order chi connectivity index (χ0) is 14.6. The van der Waals surface area contributed by atoms with E-state index in [9.17, 15) is 28.1 Å². The number of nitro groups is 1. The van der Waals surface area contributed by atoms with E-state index in [2.05, 4.69) is 4.74 Å². The highest BCUT2D eigenvalue weighted by molar-refractivity contribution is 5.86. The topological polar surface area (TPSA) is 89.7 Å². The summed E-state index contributed by atoms with van der Waals surface area (Å²) in [6, 6.07) is 1.08. The Hall–Kier alpha value is -2.58. The average molecular weight is 277 g/mol. The van der Waals surface area contributed by atoms with Gasteiger partial charge in [-0.15, -0.1) is 0 Å². The quantitative estimate of drug-likeness (QED) is 0.507. The standard InChI is InChI=1S/C10H6F3NO5/c11-7-3-5(19-10(12)13)4-8(14(17)18)6(7)1-2-9(15)16/h1-4,10H,(H,15,16)/b2-1+. The number of nitrogens with zero attached hydrogens (tertiary/aromatic N) is 1. The lowest BCUT2D eigenvalue weighted by molar-refractivity contribution is -0.385. The minimum Gasteiger partial charge on any atom is -0.478 e. The largest absolute Gasteiger partial charge is 0.478 e. The highest BCUT2D eigenvalue weighted by atomic mass is 19.3. The summed E-state index contributed by atoms with van der Waals surface area (Å²) >= 11 is 0. The number of carboxylic acids is 1. The summed E-state index contributed by atoms with van der Waals surface area (Å²) in [5, 5.41) is 19.0. The molecule has 0 fully saturated rings. The third kappa shape index (κ3) is 3.98. The van der Waals surface area contributed by atoms with Gasteiger partial charge >= 0.3 is 12.6 Å². The summed E-state index contributed by atoms with van der Waals surface area (Å²) in [5.41, 5.74) is -1.53. The highest BCUT2D eigenvalue weighted by Gasteiger charge is 2.20. The SMILES string of the molecule is O=C(O)/C=C/c1c(F)cc(OC(F)F)cc1[N+](=O)[O-]. The van der Waals surface area contributed by atoms with E-state index in [1.54, 1.807) is 0 Å². The van der Waals surface area contributed by atoms with Crippen molar-refractivity contribution >= 4 is 17.7 Å². The molecular formula is C10H6F3NO5. The number of carboxylic acid groups (broad SMARTS) is 1. The van der Waals surface area contributed by atoms with Gasteiger partial charge in [-0.25, -0.2) is 9.18 Å². The Morgan fingerprint density at radius 3 is 2.58 bits per heavy atom. The van der Waals surface area contributed by atoms with Gasteiger partial charge in [0.1, 0.15) is 11.6 Å². The van der Waals surface area contributed by atoms with Crippen LogP contribution in [0.25, 0.3) is 6.08 Å². The highest BCUT2D eigenvalue weighted by Crippen LogP contribution is 2.29. The molecule has 0 spiro atoms. The molecule has 0 saturated carbocycles. The summed E-state index contributed by atoms with van der Waals surface area (Å²) in [5.74, 6) is -3.42. The first-order valence-electron chi connectivity index (χ1n) is 4.65. The van der Waals surface area contributed by atoms with Crippen molar-refractivity contribution in [2.24, 2.45) is 0 Å². The van der Waals surface area contributed by atoms with Crippen LogP contribution in [-0.2, 0) is 4.79 Å². The summed E-state index contributed by atoms with van der Waals surface area (Å²) in [4.78, 5) is 19.9. The third-order valence-corrected chi connectivity index (χ3v) is 1.90. The molecule has 102 valence electrons. The van der Waals surface area contributed by atoms with Crippen LogP contribution in [-0.4, -0.2) is 22.6 Å². The van der Waals surface area contributed by atoms with E-state index in [1.165, 1.54) is 0 Å². The molecule has 1 aromatic carbocycles. The molecule has 6 nitrogen and oxygen atoms in total. The number of hydrogen-bond donors (Lipinski definition) is 1. The van der Waals surface area contributed by atoms with Gasteiger partial charge in [0.25, 0.3) is 5.69 Å². The zero-order valence-electron chi connectivity index (χ0n) is 9.05. The molecule has 1 N–H and O–H groups in total. The van der Waals surface area contributed by atoms with E-state index in [0.717, 1.165) is 0 Å². The first kappa shape index (κ1) is 14.5. The second-order valence-electron chi connectivity index (χ2n) is 3.15. The average Bonchev–Trinajstić information content (AvgIpc) is 2.25. The number of alkyl halides is 2. The van der Waals surface area contributed by atoms with Gasteiger partial charge in [0.05, 0.1) is 16.6 Å². The molecule has 0 amide bonds. The second-order valence-corrected chi connectivity index (χ2v) is 3.15. The van der Waals surface area contributed by atoms with Gasteiger partial charge in [0, 0.05) is 12.1 Å². The summed E-state index contributed by atoms with van der Waals surface area (Å²) in [7, 11) is 0. The first-order chi connectivity index (χ1) is 8.81. The van der Waals surface area contributed by atoms with Crippen molar-refractivity contribution in [1.29, 1.82) is 0 Å². The van der Waals surface area contributed by atoms with Crippen LogP contribution in [0.15, 0.2) is 18.2 Å². The molecule has 0 saturated heterocycles. The maximum absolute atomic E-state index is 13.5. The number of hydrogen-bond acceptors (Lipinski definition) is 4. The van der Waals surface area contributed by atoms with Crippen LogP contribution >= 0.6 is 0 Å². The van der Waals surface area contributed by atoms with E-state index >= 15 is 0 Å². The van der Waals surface area contributed by atoms with Gasteiger partial charge < -0.3 is 9.84 Å². The predicted octanol–water partition coefficient (Wildman–Crippen LogP) is 2.43. The Balaban J connectivity index is 3.30. The van der Waals surface area contributed by atoms with Gasteiger partial charge in [-0.3, -0.25) is 10.1 Å². The van der Waals surface area contributed by atoms with Crippen LogP contribution in [0.1, 0.15) is 5.56 Å². The van der Waals surface area contributed by atoms with Crippen molar-refractivity contribution in [3.05, 3.63) is 39.7 Å². The molecule has 1 rings (SSSR count). The van der Waals surface area contributed by atoms with E-state index in [-0.39, 0.29) is 0 Å². The Morgan fingerprint density at radius 1 is 1.47 bits per heavy atom. The lowest BCUT2D eigenvalue weighted by Gasteiger charge is -2.06. The van der Waals surface area contributed by atoms with E-state index < -0.39 is 40.3 Å². The normalized spacial score (nSPS) is 10.9. The number of halogens is 3. The van der Waals surface area contributed by atoms with Crippen LogP contribution in [0, 0.1) is 15.9 Å². The monoisotopic (exact) mass is 277 g/mol. The van der Waals surface area contributed by atoms with Crippen LogP contribution in [0.5, 0.6) is 5.75 Å². The Kier molecular flexibility index (Phi) is 4.46. The van der Waals surface area contributed by atoms with E-state index in [0.29, 0.717) is 24.3 Å². The molecule has 0 radical (unpaired) electrons. The molecule has 9 heteroatoms. The van der Waals surface area contributed by atoms with Crippen LogP contribution < -0.4 is 4.74 Å². The fourth-order valence-corrected chi connectivity index (χ4v) is 1.22. The number of nitro benzene ring substituents is 1. The maximum atomic E-state index is 13.5. The lowest BCUT2D eigenvalue weighted by atomic mass is 10.1. The lowest BCUT2D eigenvalue weighted by Crippen LogP contribution is -2.04. The van der Waals surface area contributed by atoms with Crippen LogP contribution in [0.3, 0.4) is 0 Å². The molecule has 0 aliphatic rings. The molecule has 19 heavy (non-hydrogen) atoms. The molecule has 0 aromatic heterocycles. The number of ether oxygens (including phenoxy) is 1. The van der Waals surface area contributed by atoms with Gasteiger partial charge in [0.15, 0.2) is 0 Å². The molecule has 0 bridgehead atoms. The minimum absolute atomic E-state index is 0.485. The van der Waals surface area contributed by atoms with Crippen molar-refractivity contribution in [3.63, 3.8) is 0 Å². The molecule has 0 aliphatic heterocycles. The Labute approximate surface area is 103 Å². The Morgan fingerprint density at radius 2 is 2.11 bits per heavy atom. The smallest absolute Gasteiger partial charge is 0.387 e. The number of rotatable bonds is 5. The molecule has 0 unspecified atom stereocenters. The van der Waals surface area contributed by atoms with Crippen molar-refractivity contribution in [1.82, 2.24) is 0 Å². The fourth-order valence-electron chi connectivity index (χ4n) is 1.22. The molecule has 0 heterocycles. The first-order valence-corrected chi connectivity index (χ1v) is 4.65. The maximum Gasteiger partial charge on any atom is 0.387 e. The van der Waals surface area contributed by atoms with Crippen molar-refractivity contribution in [2.45, 2.75) is 6.61 Å². The van der Waals surface area contributed by atoms with Crippen LogP contribution in [0.2, 0.25) is 0 Å². The molecular weight excluding hydrogens is 271 g/mol. The summed E-state index contributed by atoms with van der Waals surface area (Å²) < 4.78 is 41.2. The second kappa shape index (κ2) is 5.85. The van der Waals surface area contributed by atoms with Crippen LogP contribution in [0.4, 0.5) is 18.9 Å². The van der Waals surface area contributed by atoms with Crippen molar-refractivity contribution in [2.75, 3.05) is 0 Å². The summed E-state index contributed by atoms with van der Waals surface area (Å²) in [6.07, 6.45) is 1.14. The molecule has 0 aliphatic carbocycles. The third-order valence-electron chi connectivity index (χ3n) is 1.90. The number of carbonyl (C=O) groups is 1. The summed E-state index contributed by atoms with van der Waals surface area (Å²) in [6.45, 7) is -3.26. The van der Waals surface area contributed by atoms with Crippen molar-refractivity contribution in [3.8, 4) is 5.75 Å². The van der Waals surface area contributed by atoms with Gasteiger partial charge in [-0.1, -0.05) is 0 Å².